The molecule has 0 bridgehead atoms. The fraction of sp³-hybridized carbons (Fsp3) is 0.429. The highest BCUT2D eigenvalue weighted by molar-refractivity contribution is 7.38. The number of hydrogen-bond donors (Lipinski definition) is 0. The predicted octanol–water partition coefficient (Wildman–Crippen LogP) is 5.58. The zero-order valence-electron chi connectivity index (χ0n) is 10.5. The van der Waals surface area contributed by atoms with Gasteiger partial charge < -0.3 is 0 Å². The maximum Gasteiger partial charge on any atom is 0.600 e. The highest BCUT2D eigenvalue weighted by Gasteiger charge is 2.47. The molecule has 98 valence electrons. The lowest BCUT2D eigenvalue weighted by Crippen LogP contribution is -1.98. The Morgan fingerprint density at radius 3 is 2.39 bits per heavy atom. The highest BCUT2D eigenvalue weighted by Crippen LogP contribution is 2.51. The molecule has 1 heterocycles. The van der Waals surface area contributed by atoms with Crippen LogP contribution in [-0.2, 0) is 18.3 Å². The molecule has 1 atom stereocenters. The van der Waals surface area contributed by atoms with Crippen molar-refractivity contribution in [3.63, 3.8) is 0 Å². The normalized spacial score (nSPS) is 13.3. The first kappa shape index (κ1) is 13.4. The minimum Gasteiger partial charge on any atom is -0.118 e. The summed E-state index contributed by atoms with van der Waals surface area (Å²) in [5.74, 6) is 0. The van der Waals surface area contributed by atoms with Gasteiger partial charge >= 0.3 is 5.51 Å². The second-order valence-electron chi connectivity index (χ2n) is 4.34. The van der Waals surface area contributed by atoms with Crippen LogP contribution in [0.5, 0.6) is 0 Å². The van der Waals surface area contributed by atoms with Crippen LogP contribution < -0.4 is 0 Å². The Hall–Kier alpha value is -1.03. The fourth-order valence-corrected chi connectivity index (χ4v) is 4.22. The third kappa shape index (κ3) is 2.39. The molecule has 1 aromatic carbocycles. The molecule has 18 heavy (non-hydrogen) atoms. The summed E-state index contributed by atoms with van der Waals surface area (Å²) in [6, 6.07) is 7.11. The Balaban J connectivity index is 2.67. The van der Waals surface area contributed by atoms with Crippen LogP contribution in [0.2, 0.25) is 0 Å². The van der Waals surface area contributed by atoms with E-state index in [1.807, 2.05) is 26.0 Å². The highest BCUT2D eigenvalue weighted by atomic mass is 32.2. The Bertz CT molecular complexity index is 552. The Kier molecular flexibility index (Phi) is 3.66. The van der Waals surface area contributed by atoms with Crippen LogP contribution in [0.25, 0.3) is 10.1 Å². The molecule has 0 saturated carbocycles. The number of rotatable bonds is 3. The van der Waals surface area contributed by atoms with Crippen molar-refractivity contribution in [2.75, 3.05) is 0 Å². The molecule has 0 aliphatic carbocycles. The van der Waals surface area contributed by atoms with Crippen molar-refractivity contribution in [1.29, 1.82) is 0 Å². The maximum atomic E-state index is 13.2. The van der Waals surface area contributed by atoms with Crippen LogP contribution in [0.3, 0.4) is 0 Å². The standard InChI is InChI=1S/C14H16F3S/c1-3-5-12-9-11-8-10(4-2)6-7-13(11)18(12)14(15,16)17/h6-9H,3-5H2,1-2H3/q+1. The molecular weight excluding hydrogens is 257 g/mol. The summed E-state index contributed by atoms with van der Waals surface area (Å²) in [5.41, 5.74) is -3.06. The topological polar surface area (TPSA) is 0 Å². The zero-order valence-corrected chi connectivity index (χ0v) is 11.3. The van der Waals surface area contributed by atoms with E-state index in [0.717, 1.165) is 23.8 Å². The van der Waals surface area contributed by atoms with Gasteiger partial charge in [-0.15, -0.1) is 13.2 Å². The van der Waals surface area contributed by atoms with E-state index < -0.39 is 16.0 Å². The van der Waals surface area contributed by atoms with Gasteiger partial charge in [0.15, 0.2) is 9.58 Å². The molecule has 1 aromatic heterocycles. The third-order valence-corrected chi connectivity index (χ3v) is 5.13. The van der Waals surface area contributed by atoms with E-state index in [2.05, 4.69) is 0 Å². The molecule has 0 spiro atoms. The lowest BCUT2D eigenvalue weighted by molar-refractivity contribution is -0.0867. The van der Waals surface area contributed by atoms with E-state index in [1.165, 1.54) is 0 Å². The molecule has 4 heteroatoms. The van der Waals surface area contributed by atoms with Crippen molar-refractivity contribution >= 4 is 20.6 Å². The summed E-state index contributed by atoms with van der Waals surface area (Å²) in [5, 5.41) is 0.762. The van der Waals surface area contributed by atoms with E-state index in [9.17, 15) is 13.2 Å². The Morgan fingerprint density at radius 2 is 1.83 bits per heavy atom. The molecule has 2 rings (SSSR count). The Morgan fingerprint density at radius 1 is 1.11 bits per heavy atom. The van der Waals surface area contributed by atoms with Gasteiger partial charge in [0.1, 0.15) is 0 Å². The summed E-state index contributed by atoms with van der Waals surface area (Å²) in [6.07, 6.45) is 2.13. The Labute approximate surface area is 107 Å². The number of benzene rings is 1. The van der Waals surface area contributed by atoms with Gasteiger partial charge in [0.25, 0.3) is 0 Å². The smallest absolute Gasteiger partial charge is 0.118 e. The average Bonchev–Trinajstić information content (AvgIpc) is 2.65. The number of aryl methyl sites for hydroxylation is 2. The van der Waals surface area contributed by atoms with Crippen LogP contribution in [-0.4, -0.2) is 0 Å². The minimum atomic E-state index is -4.15. The first-order valence-electron chi connectivity index (χ1n) is 6.12. The molecule has 0 aliphatic rings. The van der Waals surface area contributed by atoms with Gasteiger partial charge in [0.05, 0.1) is 10.5 Å². The fourth-order valence-electron chi connectivity index (χ4n) is 2.18. The average molecular weight is 273 g/mol. The van der Waals surface area contributed by atoms with Crippen molar-refractivity contribution < 1.29 is 13.2 Å². The van der Waals surface area contributed by atoms with Crippen molar-refractivity contribution in [2.24, 2.45) is 0 Å². The van der Waals surface area contributed by atoms with Crippen LogP contribution >= 0.6 is 10.5 Å². The molecule has 0 fully saturated rings. The molecule has 0 nitrogen and oxygen atoms in total. The van der Waals surface area contributed by atoms with Crippen LogP contribution in [0.15, 0.2) is 24.3 Å². The number of halogens is 3. The molecular formula is C14H16F3S+. The molecule has 0 saturated heterocycles. The number of fused-ring (bicyclic) bond motifs is 1. The summed E-state index contributed by atoms with van der Waals surface area (Å²) in [6.45, 7) is 3.93. The monoisotopic (exact) mass is 273 g/mol. The summed E-state index contributed by atoms with van der Waals surface area (Å²) < 4.78 is 39.9. The first-order chi connectivity index (χ1) is 8.47. The lowest BCUT2D eigenvalue weighted by atomic mass is 10.1. The van der Waals surface area contributed by atoms with Crippen LogP contribution in [0, 0.1) is 0 Å². The molecule has 0 N–H and O–H groups in total. The van der Waals surface area contributed by atoms with E-state index in [-0.39, 0.29) is 0 Å². The van der Waals surface area contributed by atoms with Gasteiger partial charge in [-0.05, 0) is 30.5 Å². The summed E-state index contributed by atoms with van der Waals surface area (Å²) >= 11 is 0. The number of hydrogen-bond acceptors (Lipinski definition) is 0. The molecule has 1 unspecified atom stereocenters. The summed E-state index contributed by atoms with van der Waals surface area (Å²) in [4.78, 5) is 0.535. The van der Waals surface area contributed by atoms with Gasteiger partial charge in [-0.3, -0.25) is 0 Å². The van der Waals surface area contributed by atoms with Gasteiger partial charge in [-0.25, -0.2) is 0 Å². The first-order valence-corrected chi connectivity index (χ1v) is 7.34. The largest absolute Gasteiger partial charge is 0.600 e. The van der Waals surface area contributed by atoms with Crippen LogP contribution in [0.4, 0.5) is 13.2 Å². The number of alkyl halides is 3. The van der Waals surface area contributed by atoms with Crippen molar-refractivity contribution in [2.45, 2.75) is 38.6 Å². The van der Waals surface area contributed by atoms with Crippen molar-refractivity contribution in [3.05, 3.63) is 34.7 Å². The minimum absolute atomic E-state index is 0.447. The van der Waals surface area contributed by atoms with Crippen LogP contribution in [0.1, 0.15) is 30.7 Å². The van der Waals surface area contributed by atoms with Gasteiger partial charge in [0, 0.05) is 17.9 Å². The van der Waals surface area contributed by atoms with Crippen molar-refractivity contribution in [1.82, 2.24) is 0 Å². The van der Waals surface area contributed by atoms with Crippen molar-refractivity contribution in [3.8, 4) is 0 Å². The van der Waals surface area contributed by atoms with Gasteiger partial charge in [-0.1, -0.05) is 19.9 Å². The second kappa shape index (κ2) is 4.92. The quantitative estimate of drug-likeness (QED) is 0.640. The number of thiophene rings is 1. The zero-order chi connectivity index (χ0) is 13.3. The maximum absolute atomic E-state index is 13.2. The molecule has 2 aromatic rings. The third-order valence-electron chi connectivity index (χ3n) is 3.01. The SMILES string of the molecule is CCCc1cc2cc(CC)ccc2[s+]1C(F)(F)F. The van der Waals surface area contributed by atoms with E-state index in [1.54, 1.807) is 12.1 Å². The van der Waals surface area contributed by atoms with E-state index in [0.29, 0.717) is 16.0 Å². The molecule has 0 amide bonds. The lowest BCUT2D eigenvalue weighted by Gasteiger charge is -1.99. The second-order valence-corrected chi connectivity index (χ2v) is 6.38. The molecule has 0 aliphatic heterocycles. The van der Waals surface area contributed by atoms with Gasteiger partial charge in [-0.2, -0.15) is 0 Å². The van der Waals surface area contributed by atoms with Gasteiger partial charge in [0.2, 0.25) is 0 Å². The van der Waals surface area contributed by atoms with E-state index in [4.69, 9.17) is 0 Å². The molecule has 0 radical (unpaired) electrons. The summed E-state index contributed by atoms with van der Waals surface area (Å²) in [7, 11) is -1.71. The predicted molar refractivity (Wildman–Crippen MR) is 71.1 cm³/mol. The van der Waals surface area contributed by atoms with E-state index >= 15 is 0 Å².